The zero-order valence-electron chi connectivity index (χ0n) is 17.3. The van der Waals surface area contributed by atoms with Crippen LogP contribution in [0.15, 0.2) is 30.3 Å². The molecule has 2 aromatic carbocycles. The van der Waals surface area contributed by atoms with E-state index in [9.17, 15) is 23.3 Å². The van der Waals surface area contributed by atoms with E-state index in [2.05, 4.69) is 5.32 Å². The third-order valence-electron chi connectivity index (χ3n) is 4.65. The van der Waals surface area contributed by atoms with Crippen molar-refractivity contribution >= 4 is 33.0 Å². The van der Waals surface area contributed by atoms with Crippen molar-refractivity contribution in [2.75, 3.05) is 15.9 Å². The van der Waals surface area contributed by atoms with Gasteiger partial charge in [0.25, 0.3) is 5.69 Å². The Morgan fingerprint density at radius 1 is 1.07 bits per heavy atom. The average Bonchev–Trinajstić information content (AvgIpc) is 2.58. The summed E-state index contributed by atoms with van der Waals surface area (Å²) in [5, 5.41) is 13.9. The van der Waals surface area contributed by atoms with E-state index in [-0.39, 0.29) is 11.4 Å². The number of sulfonamides is 1. The molecule has 0 saturated heterocycles. The number of anilines is 2. The highest BCUT2D eigenvalue weighted by molar-refractivity contribution is 7.92. The number of rotatable bonds is 6. The van der Waals surface area contributed by atoms with Gasteiger partial charge in [0.15, 0.2) is 0 Å². The number of nitro groups is 1. The number of non-ortho nitro benzene ring substituents is 1. The van der Waals surface area contributed by atoms with Crippen LogP contribution in [0.25, 0.3) is 0 Å². The van der Waals surface area contributed by atoms with Crippen LogP contribution in [0.2, 0.25) is 0 Å². The van der Waals surface area contributed by atoms with Gasteiger partial charge >= 0.3 is 0 Å². The molecular weight excluding hydrogens is 394 g/mol. The first-order valence-electron chi connectivity index (χ1n) is 8.96. The maximum absolute atomic E-state index is 12.9. The predicted molar refractivity (Wildman–Crippen MR) is 114 cm³/mol. The topological polar surface area (TPSA) is 110 Å². The Bertz CT molecular complexity index is 1060. The van der Waals surface area contributed by atoms with Crippen LogP contribution in [0.1, 0.15) is 29.2 Å². The summed E-state index contributed by atoms with van der Waals surface area (Å²) in [6.07, 6.45) is 0.970. The minimum Gasteiger partial charge on any atom is -0.324 e. The van der Waals surface area contributed by atoms with E-state index in [0.29, 0.717) is 11.3 Å². The number of hydrogen-bond acceptors (Lipinski definition) is 5. The molecule has 1 amide bonds. The number of carbonyl (C=O) groups is 1. The smallest absolute Gasteiger partial charge is 0.271 e. The largest absolute Gasteiger partial charge is 0.324 e. The van der Waals surface area contributed by atoms with E-state index >= 15 is 0 Å². The molecule has 0 heterocycles. The van der Waals surface area contributed by atoms with Gasteiger partial charge in [-0.3, -0.25) is 19.2 Å². The number of benzene rings is 2. The number of nitrogens with zero attached hydrogens (tertiary/aromatic N) is 2. The number of hydrogen-bond donors (Lipinski definition) is 1. The average molecular weight is 420 g/mol. The summed E-state index contributed by atoms with van der Waals surface area (Å²) in [5.41, 5.74) is 3.75. The fourth-order valence-corrected chi connectivity index (χ4v) is 4.56. The van der Waals surface area contributed by atoms with E-state index in [1.54, 1.807) is 6.92 Å². The lowest BCUT2D eigenvalue weighted by atomic mass is 10.0. The third kappa shape index (κ3) is 4.92. The van der Waals surface area contributed by atoms with Crippen molar-refractivity contribution in [3.05, 3.63) is 62.7 Å². The van der Waals surface area contributed by atoms with Crippen LogP contribution in [-0.4, -0.2) is 31.5 Å². The maximum atomic E-state index is 12.9. The minimum atomic E-state index is -3.90. The highest BCUT2D eigenvalue weighted by Gasteiger charge is 2.31. The lowest BCUT2D eigenvalue weighted by Gasteiger charge is -2.29. The molecule has 2 aromatic rings. The molecule has 0 saturated carbocycles. The van der Waals surface area contributed by atoms with Crippen molar-refractivity contribution in [3.8, 4) is 0 Å². The van der Waals surface area contributed by atoms with Crippen LogP contribution in [0, 0.1) is 37.8 Å². The second kappa shape index (κ2) is 8.20. The zero-order valence-corrected chi connectivity index (χ0v) is 18.1. The molecule has 0 aliphatic rings. The molecular formula is C20H25N3O5S. The second-order valence-electron chi connectivity index (χ2n) is 7.23. The van der Waals surface area contributed by atoms with Crippen LogP contribution in [-0.2, 0) is 14.8 Å². The van der Waals surface area contributed by atoms with Crippen LogP contribution in [0.5, 0.6) is 0 Å². The maximum Gasteiger partial charge on any atom is 0.271 e. The van der Waals surface area contributed by atoms with Gasteiger partial charge < -0.3 is 5.32 Å². The van der Waals surface area contributed by atoms with Gasteiger partial charge in [-0.1, -0.05) is 23.8 Å². The van der Waals surface area contributed by atoms with Gasteiger partial charge in [0.05, 0.1) is 16.9 Å². The SMILES string of the molecule is Cc1cc(C)c(NC(=O)[C@@H](C)N(c2cc([N+](=O)[O-])ccc2C)S(C)(=O)=O)c(C)c1. The molecule has 9 heteroatoms. The van der Waals surface area contributed by atoms with Crippen molar-refractivity contribution in [2.24, 2.45) is 0 Å². The molecule has 0 radical (unpaired) electrons. The third-order valence-corrected chi connectivity index (χ3v) is 5.88. The predicted octanol–water partition coefficient (Wildman–Crippen LogP) is 3.62. The van der Waals surface area contributed by atoms with Gasteiger partial charge in [0.2, 0.25) is 15.9 Å². The Hall–Kier alpha value is -2.94. The summed E-state index contributed by atoms with van der Waals surface area (Å²) in [7, 11) is -3.90. The first-order valence-corrected chi connectivity index (χ1v) is 10.8. The van der Waals surface area contributed by atoms with Gasteiger partial charge in [-0.15, -0.1) is 0 Å². The molecule has 8 nitrogen and oxygen atoms in total. The van der Waals surface area contributed by atoms with Gasteiger partial charge in [0.1, 0.15) is 6.04 Å². The van der Waals surface area contributed by atoms with Crippen molar-refractivity contribution in [1.29, 1.82) is 0 Å². The number of amides is 1. The first kappa shape index (κ1) is 22.4. The molecule has 0 bridgehead atoms. The fourth-order valence-electron chi connectivity index (χ4n) is 3.33. The standard InChI is InChI=1S/C20H25N3O5S/c1-12-9-14(3)19(15(4)10-12)21-20(24)16(5)22(29(6,27)28)18-11-17(23(25)26)8-7-13(18)2/h7-11,16H,1-6H3,(H,21,24)/t16-/m1/s1. The molecule has 1 N–H and O–H groups in total. The lowest BCUT2D eigenvalue weighted by molar-refractivity contribution is -0.384. The molecule has 0 aliphatic heterocycles. The van der Waals surface area contributed by atoms with Crippen molar-refractivity contribution in [3.63, 3.8) is 0 Å². The molecule has 0 fully saturated rings. The number of nitro benzene ring substituents is 1. The van der Waals surface area contributed by atoms with Crippen molar-refractivity contribution in [2.45, 2.75) is 40.7 Å². The second-order valence-corrected chi connectivity index (χ2v) is 9.09. The summed E-state index contributed by atoms with van der Waals surface area (Å²) >= 11 is 0. The van der Waals surface area contributed by atoms with Crippen molar-refractivity contribution in [1.82, 2.24) is 0 Å². The Morgan fingerprint density at radius 3 is 2.10 bits per heavy atom. The van der Waals surface area contributed by atoms with Crippen LogP contribution < -0.4 is 9.62 Å². The molecule has 1 atom stereocenters. The Balaban J connectivity index is 2.48. The molecule has 2 rings (SSSR count). The van der Waals surface area contributed by atoms with Gasteiger partial charge in [-0.25, -0.2) is 8.42 Å². The molecule has 0 unspecified atom stereocenters. The van der Waals surface area contributed by atoms with Crippen molar-refractivity contribution < 1.29 is 18.1 Å². The Kier molecular flexibility index (Phi) is 6.32. The number of nitrogens with one attached hydrogen (secondary N) is 1. The number of aryl methyl sites for hydroxylation is 4. The quantitative estimate of drug-likeness (QED) is 0.568. The summed E-state index contributed by atoms with van der Waals surface area (Å²) < 4.78 is 26.0. The molecule has 0 aromatic heterocycles. The van der Waals surface area contributed by atoms with E-state index in [0.717, 1.165) is 27.3 Å². The molecule has 156 valence electrons. The summed E-state index contributed by atoms with van der Waals surface area (Å²) in [6.45, 7) is 8.76. The van der Waals surface area contributed by atoms with Gasteiger partial charge in [0, 0.05) is 17.8 Å². The summed E-state index contributed by atoms with van der Waals surface area (Å²) in [4.78, 5) is 23.5. The zero-order chi connectivity index (χ0) is 22.1. The Morgan fingerprint density at radius 2 is 1.62 bits per heavy atom. The Labute approximate surface area is 170 Å². The summed E-state index contributed by atoms with van der Waals surface area (Å²) in [5.74, 6) is -0.531. The normalized spacial score (nSPS) is 12.3. The van der Waals surface area contributed by atoms with Gasteiger partial charge in [-0.05, 0) is 51.3 Å². The fraction of sp³-hybridized carbons (Fsp3) is 0.350. The monoisotopic (exact) mass is 419 g/mol. The highest BCUT2D eigenvalue weighted by Crippen LogP contribution is 2.30. The van der Waals surface area contributed by atoms with E-state index in [1.165, 1.54) is 25.1 Å². The number of carbonyl (C=O) groups excluding carboxylic acids is 1. The first-order chi connectivity index (χ1) is 13.3. The molecule has 0 aliphatic carbocycles. The highest BCUT2D eigenvalue weighted by atomic mass is 32.2. The van der Waals surface area contributed by atoms with Crippen LogP contribution >= 0.6 is 0 Å². The molecule has 29 heavy (non-hydrogen) atoms. The minimum absolute atomic E-state index is 0.0988. The summed E-state index contributed by atoms with van der Waals surface area (Å²) in [6, 6.07) is 6.65. The van der Waals surface area contributed by atoms with E-state index in [4.69, 9.17) is 0 Å². The van der Waals surface area contributed by atoms with Crippen LogP contribution in [0.3, 0.4) is 0 Å². The lowest BCUT2D eigenvalue weighted by Crippen LogP contribution is -2.45. The van der Waals surface area contributed by atoms with E-state index < -0.39 is 26.9 Å². The van der Waals surface area contributed by atoms with Gasteiger partial charge in [-0.2, -0.15) is 0 Å². The van der Waals surface area contributed by atoms with E-state index in [1.807, 2.05) is 32.9 Å². The van der Waals surface area contributed by atoms with Crippen LogP contribution in [0.4, 0.5) is 17.1 Å². The molecule has 0 spiro atoms.